The Balaban J connectivity index is 1.67. The molecule has 0 unspecified atom stereocenters. The molecule has 0 saturated carbocycles. The maximum Gasteiger partial charge on any atom is 0.382 e. The second-order valence-electron chi connectivity index (χ2n) is 7.72. The Morgan fingerprint density at radius 1 is 1.22 bits per heavy atom. The van der Waals surface area contributed by atoms with Crippen molar-refractivity contribution in [2.75, 3.05) is 31.7 Å². The van der Waals surface area contributed by atoms with Gasteiger partial charge in [0, 0.05) is 24.1 Å². The van der Waals surface area contributed by atoms with Gasteiger partial charge >= 0.3 is 13.3 Å². The number of anilines is 1. The van der Waals surface area contributed by atoms with Crippen LogP contribution in [0.3, 0.4) is 0 Å². The van der Waals surface area contributed by atoms with E-state index in [0.717, 1.165) is 17.6 Å². The molecule has 1 N–H and O–H groups in total. The van der Waals surface area contributed by atoms with Crippen LogP contribution in [0.2, 0.25) is 0 Å². The molecule has 196 valence electrons. The lowest BCUT2D eigenvalue weighted by Gasteiger charge is -2.26. The summed E-state index contributed by atoms with van der Waals surface area (Å²) in [5.74, 6) is 1.03. The van der Waals surface area contributed by atoms with Gasteiger partial charge < -0.3 is 28.7 Å². The van der Waals surface area contributed by atoms with Crippen LogP contribution >= 0.6 is 7.60 Å². The highest BCUT2D eigenvalue weighted by molar-refractivity contribution is 7.57. The van der Waals surface area contributed by atoms with Gasteiger partial charge in [0.25, 0.3) is 5.91 Å². The maximum atomic E-state index is 12.8. The Bertz CT molecular complexity index is 1090. The van der Waals surface area contributed by atoms with E-state index in [2.05, 4.69) is 10.3 Å². The number of hydrogen-bond donors (Lipinski definition) is 1. The average Bonchev–Trinajstić information content (AvgIpc) is 2.88. The SMILES string of the molecule is CCOP(=O)(/C=C/[C@@H](COn1ccc(NC(=O)c2ccccc2)nc1=O)O[C@@H]1CCCCO1)OCC. The third-order valence-electron chi connectivity index (χ3n) is 4.99. The van der Waals surface area contributed by atoms with E-state index in [4.69, 9.17) is 23.4 Å². The summed E-state index contributed by atoms with van der Waals surface area (Å²) in [7, 11) is -3.46. The van der Waals surface area contributed by atoms with E-state index < -0.39 is 25.7 Å². The van der Waals surface area contributed by atoms with Gasteiger partial charge in [-0.2, -0.15) is 4.98 Å². The summed E-state index contributed by atoms with van der Waals surface area (Å²) in [5.41, 5.74) is -0.292. The Morgan fingerprint density at radius 2 is 1.97 bits per heavy atom. The highest BCUT2D eigenvalue weighted by atomic mass is 31.2. The Morgan fingerprint density at radius 3 is 2.61 bits per heavy atom. The first kappa shape index (κ1) is 27.8. The van der Waals surface area contributed by atoms with Gasteiger partial charge in [-0.25, -0.2) is 4.79 Å². The van der Waals surface area contributed by atoms with Crippen molar-refractivity contribution in [1.82, 2.24) is 9.71 Å². The number of nitrogens with one attached hydrogen (secondary N) is 1. The van der Waals surface area contributed by atoms with E-state index in [9.17, 15) is 14.2 Å². The van der Waals surface area contributed by atoms with Crippen LogP contribution in [0.1, 0.15) is 43.5 Å². The van der Waals surface area contributed by atoms with Gasteiger partial charge in [0.1, 0.15) is 18.5 Å². The van der Waals surface area contributed by atoms with Crippen LogP contribution in [0.15, 0.2) is 59.3 Å². The average molecular weight is 522 g/mol. The van der Waals surface area contributed by atoms with Crippen LogP contribution in [0.5, 0.6) is 0 Å². The zero-order valence-corrected chi connectivity index (χ0v) is 21.3. The molecule has 0 radical (unpaired) electrons. The second kappa shape index (κ2) is 14.1. The van der Waals surface area contributed by atoms with E-state index in [1.165, 1.54) is 24.2 Å². The molecule has 1 aromatic heterocycles. The van der Waals surface area contributed by atoms with E-state index in [0.29, 0.717) is 18.6 Å². The molecule has 0 spiro atoms. The van der Waals surface area contributed by atoms with Gasteiger partial charge in [-0.15, -0.1) is 4.73 Å². The smallest absolute Gasteiger partial charge is 0.382 e. The standard InChI is InChI=1S/C24H32N3O8P/c1-3-33-36(30,34-4-2)17-14-20(35-22-12-8-9-16-31-22)18-32-27-15-13-21(26-24(27)29)25-23(28)19-10-6-5-7-11-19/h5-7,10-11,13-15,17,20,22H,3-4,8-9,12,16,18H2,1-2H3,(H,25,26,28,29)/b17-14+/t20-,22+/m0/s1. The van der Waals surface area contributed by atoms with Crippen LogP contribution in [-0.4, -0.2) is 54.4 Å². The summed E-state index contributed by atoms with van der Waals surface area (Å²) in [6.45, 7) is 4.34. The lowest BCUT2D eigenvalue weighted by Crippen LogP contribution is -2.36. The largest absolute Gasteiger partial charge is 0.406 e. The quantitative estimate of drug-likeness (QED) is 0.393. The molecule has 0 bridgehead atoms. The third-order valence-corrected chi connectivity index (χ3v) is 6.77. The van der Waals surface area contributed by atoms with Gasteiger partial charge in [-0.3, -0.25) is 9.36 Å². The van der Waals surface area contributed by atoms with E-state index in [1.54, 1.807) is 44.2 Å². The van der Waals surface area contributed by atoms with Crippen LogP contribution in [0.4, 0.5) is 5.82 Å². The third kappa shape index (κ3) is 8.69. The summed E-state index contributed by atoms with van der Waals surface area (Å²) < 4.78 is 35.9. The minimum Gasteiger partial charge on any atom is -0.406 e. The summed E-state index contributed by atoms with van der Waals surface area (Å²) in [6, 6.07) is 10.0. The van der Waals surface area contributed by atoms with Crippen molar-refractivity contribution in [1.29, 1.82) is 0 Å². The molecular weight excluding hydrogens is 489 g/mol. The molecule has 12 heteroatoms. The molecule has 1 aromatic carbocycles. The number of carbonyl (C=O) groups is 1. The predicted octanol–water partition coefficient (Wildman–Crippen LogP) is 3.62. The Labute approximate surface area is 209 Å². The summed E-state index contributed by atoms with van der Waals surface area (Å²) >= 11 is 0. The Kier molecular flexibility index (Phi) is 10.8. The van der Waals surface area contributed by atoms with Gasteiger partial charge in [-0.1, -0.05) is 18.2 Å². The lowest BCUT2D eigenvalue weighted by atomic mass is 10.2. The van der Waals surface area contributed by atoms with Gasteiger partial charge in [0.05, 0.1) is 19.4 Å². The predicted molar refractivity (Wildman–Crippen MR) is 133 cm³/mol. The fourth-order valence-corrected chi connectivity index (χ4v) is 4.70. The normalized spacial score (nSPS) is 17.1. The number of carbonyl (C=O) groups excluding carboxylic acids is 1. The molecule has 2 heterocycles. The van der Waals surface area contributed by atoms with Crippen molar-refractivity contribution >= 4 is 19.3 Å². The van der Waals surface area contributed by atoms with Crippen LogP contribution in [-0.2, 0) is 23.1 Å². The molecule has 2 atom stereocenters. The van der Waals surface area contributed by atoms with Crippen LogP contribution in [0.25, 0.3) is 0 Å². The Hall–Kier alpha value is -2.82. The number of benzene rings is 1. The fraction of sp³-hybridized carbons (Fsp3) is 0.458. The van der Waals surface area contributed by atoms with Gasteiger partial charge in [-0.05, 0) is 51.3 Å². The molecule has 1 amide bonds. The summed E-state index contributed by atoms with van der Waals surface area (Å²) in [4.78, 5) is 34.2. The van der Waals surface area contributed by atoms with Gasteiger partial charge in [0.15, 0.2) is 6.29 Å². The number of nitrogens with zero attached hydrogens (tertiary/aromatic N) is 2. The molecule has 2 aromatic rings. The van der Waals surface area contributed by atoms with Crippen molar-refractivity contribution < 1.29 is 32.7 Å². The van der Waals surface area contributed by atoms with E-state index >= 15 is 0 Å². The van der Waals surface area contributed by atoms with Crippen molar-refractivity contribution in [3.05, 3.63) is 70.5 Å². The maximum absolute atomic E-state index is 12.8. The molecule has 1 saturated heterocycles. The van der Waals surface area contributed by atoms with E-state index in [1.807, 2.05) is 0 Å². The fourth-order valence-electron chi connectivity index (χ4n) is 3.33. The van der Waals surface area contributed by atoms with Crippen LogP contribution in [0, 0.1) is 0 Å². The molecule has 11 nitrogen and oxygen atoms in total. The van der Waals surface area contributed by atoms with Gasteiger partial charge in [0.2, 0.25) is 0 Å². The second-order valence-corrected chi connectivity index (χ2v) is 9.62. The van der Waals surface area contributed by atoms with Crippen molar-refractivity contribution in [2.24, 2.45) is 0 Å². The zero-order chi connectivity index (χ0) is 25.8. The first-order valence-corrected chi connectivity index (χ1v) is 13.5. The number of amides is 1. The monoisotopic (exact) mass is 521 g/mol. The summed E-state index contributed by atoms with van der Waals surface area (Å²) in [5, 5.41) is 2.58. The molecular formula is C24H32N3O8P. The van der Waals surface area contributed by atoms with Crippen molar-refractivity contribution in [3.63, 3.8) is 0 Å². The zero-order valence-electron chi connectivity index (χ0n) is 20.4. The molecule has 1 aliphatic rings. The first-order valence-electron chi connectivity index (χ1n) is 11.9. The topological polar surface area (TPSA) is 127 Å². The van der Waals surface area contributed by atoms with Crippen molar-refractivity contribution in [3.8, 4) is 0 Å². The van der Waals surface area contributed by atoms with Crippen molar-refractivity contribution in [2.45, 2.75) is 45.5 Å². The molecule has 0 aliphatic carbocycles. The minimum absolute atomic E-state index is 0.0892. The highest BCUT2D eigenvalue weighted by Gasteiger charge is 2.23. The number of aromatic nitrogens is 2. The van der Waals surface area contributed by atoms with Crippen LogP contribution < -0.4 is 15.8 Å². The number of rotatable bonds is 13. The molecule has 36 heavy (non-hydrogen) atoms. The molecule has 1 fully saturated rings. The summed E-state index contributed by atoms with van der Waals surface area (Å²) in [6.07, 6.45) is 4.31. The van der Waals surface area contributed by atoms with E-state index in [-0.39, 0.29) is 31.5 Å². The lowest BCUT2D eigenvalue weighted by molar-refractivity contribution is -0.187. The first-order chi connectivity index (χ1) is 17.4. The number of hydrogen-bond acceptors (Lipinski definition) is 9. The highest BCUT2D eigenvalue weighted by Crippen LogP contribution is 2.49. The minimum atomic E-state index is -3.46. The molecule has 3 rings (SSSR count). The number of ether oxygens (including phenoxy) is 2. The molecule has 1 aliphatic heterocycles.